The van der Waals surface area contributed by atoms with E-state index < -0.39 is 99.3 Å². The molecule has 2 aromatic rings. The van der Waals surface area contributed by atoms with Crippen molar-refractivity contribution < 1.29 is 33.2 Å². The molecule has 6 heteroatoms. The van der Waals surface area contributed by atoms with E-state index in [1.807, 2.05) is 0 Å². The van der Waals surface area contributed by atoms with Gasteiger partial charge in [-0.15, -0.1) is 0 Å². The highest BCUT2D eigenvalue weighted by Crippen LogP contribution is 2.21. The van der Waals surface area contributed by atoms with Crippen molar-refractivity contribution in [2.75, 3.05) is 27.4 Å². The van der Waals surface area contributed by atoms with Crippen LogP contribution in [0.2, 0.25) is 2.82 Å². The number of nitrogens with one attached hydrogen (secondary N) is 2. The average molecular weight is 314 g/mol. The Labute approximate surface area is 145 Å². The summed E-state index contributed by atoms with van der Waals surface area (Å²) in [6.45, 7) is -14.8. The predicted octanol–water partition coefficient (Wildman–Crippen LogP) is 1.32. The number of fused-ring (bicyclic) bond motifs is 1. The molecule has 0 aliphatic heterocycles. The normalized spacial score (nSPS) is 29.1. The molecule has 110 valence electrons. The minimum atomic E-state index is -5.09. The standard InChI is InChI=1S/C14H21N3O2S/c1-15-20(18,19)10-11-4-5-14-13(8-11)12(9-16-14)6-7-17(2)3/h4-5,8-9,15-16H,6-7,10H2,1-3H3/i1D3,2D3,3D3,4D,5D,6D2,7D2,8D/hD2. The van der Waals surface area contributed by atoms with Crippen LogP contribution in [0, 0.1) is 0 Å². The quantitative estimate of drug-likeness (QED) is 0.845. The van der Waals surface area contributed by atoms with Gasteiger partial charge in [-0.2, -0.15) is 0 Å². The lowest BCUT2D eigenvalue weighted by molar-refractivity contribution is 0.414. The van der Waals surface area contributed by atoms with Gasteiger partial charge in [-0.3, -0.25) is 0 Å². The number of H-pyrrole nitrogens is 1. The van der Waals surface area contributed by atoms with Gasteiger partial charge in [0.2, 0.25) is 10.0 Å². The monoisotopic (exact) mass is 313 g/mol. The number of aryl methyl sites for hydroxylation is 1. The Morgan fingerprint density at radius 3 is 3.20 bits per heavy atom. The van der Waals surface area contributed by atoms with Crippen LogP contribution in [0.4, 0.5) is 0 Å². The first-order valence-electron chi connectivity index (χ1n) is 14.0. The van der Waals surface area contributed by atoms with Gasteiger partial charge in [0.1, 0.15) is 1.41 Å². The molecule has 0 radical (unpaired) electrons. The Hall–Kier alpha value is -1.37. The largest absolute Gasteiger partial charge is 0.361 e. The molecule has 1 aromatic carbocycles. The highest BCUT2D eigenvalue weighted by atomic mass is 32.2. The second-order valence-corrected chi connectivity index (χ2v) is 5.27. The Bertz CT molecular complexity index is 1330. The molecule has 0 amide bonds. The smallest absolute Gasteiger partial charge is 0.215 e. The first kappa shape index (κ1) is 4.09. The van der Waals surface area contributed by atoms with E-state index in [-0.39, 0.29) is 4.98 Å². The van der Waals surface area contributed by atoms with Gasteiger partial charge in [0, 0.05) is 41.4 Å². The first-order chi connectivity index (χ1) is 16.6. The molecule has 0 spiro atoms. The molecule has 0 bridgehead atoms. The van der Waals surface area contributed by atoms with E-state index in [2.05, 4.69) is 0 Å². The molecule has 0 atom stereocenters. The third-order valence-electron chi connectivity index (χ3n) is 2.20. The van der Waals surface area contributed by atoms with Gasteiger partial charge in [-0.05, 0) is 50.5 Å². The third-order valence-corrected chi connectivity index (χ3v) is 3.14. The molecule has 0 aliphatic rings. The van der Waals surface area contributed by atoms with E-state index in [9.17, 15) is 8.42 Å². The van der Waals surface area contributed by atoms with Gasteiger partial charge in [0.15, 0.2) is 1.41 Å². The minimum Gasteiger partial charge on any atom is -0.361 e. The number of aromatic amines is 1. The van der Waals surface area contributed by atoms with Crippen molar-refractivity contribution in [2.24, 2.45) is 0 Å². The van der Waals surface area contributed by atoms with Gasteiger partial charge in [-0.1, -0.05) is 6.04 Å². The average Bonchev–Trinajstić information content (AvgIpc) is 3.03. The van der Waals surface area contributed by atoms with Crippen LogP contribution < -0.4 is 4.72 Å². The predicted molar refractivity (Wildman–Crippen MR) is 82.2 cm³/mol. The molecule has 0 aliphatic carbocycles. The van der Waals surface area contributed by atoms with Crippen molar-refractivity contribution in [3.63, 3.8) is 0 Å². The molecule has 20 heavy (non-hydrogen) atoms. The second-order valence-electron chi connectivity index (χ2n) is 3.64. The maximum absolute atomic E-state index is 12.5. The van der Waals surface area contributed by atoms with E-state index in [0.717, 1.165) is 0 Å². The summed E-state index contributed by atoms with van der Waals surface area (Å²) in [4.78, 5) is -0.437. The minimum absolute atomic E-state index is 0.253. The van der Waals surface area contributed by atoms with E-state index in [1.54, 1.807) is 0 Å². The zero-order valence-electron chi connectivity index (χ0n) is 27.9. The number of benzene rings is 1. The summed E-state index contributed by atoms with van der Waals surface area (Å²) in [6, 6.07) is -3.00. The molecule has 0 saturated heterocycles. The van der Waals surface area contributed by atoms with Crippen molar-refractivity contribution in [3.05, 3.63) is 35.5 Å². The molecular formula is C14H21N3O2S. The summed E-state index contributed by atoms with van der Waals surface area (Å²) in [7, 11) is -5.09. The number of hydrogen-bond acceptors (Lipinski definition) is 3. The molecule has 2 rings (SSSR count). The Morgan fingerprint density at radius 2 is 2.45 bits per heavy atom. The Kier molecular flexibility index (Phi) is 1.22. The fourth-order valence-electron chi connectivity index (χ4n) is 1.42. The third kappa shape index (κ3) is 3.59. The van der Waals surface area contributed by atoms with Gasteiger partial charge in [0.05, 0.1) is 9.87 Å². The number of rotatable bonds is 6. The number of nitrogens with zero attached hydrogens (tertiary/aromatic N) is 1. The van der Waals surface area contributed by atoms with Crippen LogP contribution in [0.1, 0.15) is 33.1 Å². The molecule has 1 heterocycles. The molecule has 5 nitrogen and oxygen atoms in total. The fraction of sp³-hybridized carbons (Fsp3) is 0.429. The SMILES string of the molecule is [2H]c1c(CS(=O)(=O)N([2H])C([2H])([2H])[2H])c([2H])c2c(C([2H])([2H])C([2H])([2H])N(C([2H])([2H])[2H])C([2H])([2H])[2H])cn([2H])c2c1[2H]. The zero-order valence-corrected chi connectivity index (χ0v) is 10.7. The van der Waals surface area contributed by atoms with Gasteiger partial charge < -0.3 is 9.88 Å². The maximum Gasteiger partial charge on any atom is 0.215 e. The van der Waals surface area contributed by atoms with Crippen LogP contribution in [-0.4, -0.2) is 45.7 Å². The molecule has 2 N–H and O–H groups in total. The Balaban J connectivity index is 2.94. The van der Waals surface area contributed by atoms with Crippen molar-refractivity contribution in [1.29, 1.82) is 0 Å². The van der Waals surface area contributed by atoms with Gasteiger partial charge >= 0.3 is 0 Å². The lowest BCUT2D eigenvalue weighted by Gasteiger charge is -2.08. The highest BCUT2D eigenvalue weighted by Gasteiger charge is 2.11. The summed E-state index contributed by atoms with van der Waals surface area (Å²) >= 11 is 0. The number of sulfonamides is 1. The highest BCUT2D eigenvalue weighted by molar-refractivity contribution is 7.88. The lowest BCUT2D eigenvalue weighted by Crippen LogP contribution is -2.20. The number of hydrogen-bond donors (Lipinski definition) is 2. The van der Waals surface area contributed by atoms with Gasteiger partial charge in [0.25, 0.3) is 0 Å². The molecular weight excluding hydrogens is 274 g/mol. The maximum atomic E-state index is 12.5. The molecule has 0 saturated carbocycles. The molecule has 1 aromatic heterocycles. The summed E-state index contributed by atoms with van der Waals surface area (Å²) < 4.78 is 164. The van der Waals surface area contributed by atoms with Crippen LogP contribution in [-0.2, 0) is 22.1 Å². The van der Waals surface area contributed by atoms with E-state index in [4.69, 9.17) is 24.8 Å². The number of aromatic nitrogens is 1. The van der Waals surface area contributed by atoms with Crippen LogP contribution in [0.3, 0.4) is 0 Å². The van der Waals surface area contributed by atoms with Crippen molar-refractivity contribution >= 4 is 20.9 Å². The molecule has 0 fully saturated rings. The fourth-order valence-corrected chi connectivity index (χ4v) is 2.00. The van der Waals surface area contributed by atoms with Crippen LogP contribution in [0.5, 0.6) is 0 Å². The summed E-state index contributed by atoms with van der Waals surface area (Å²) in [5, 5.41) is -0.818. The van der Waals surface area contributed by atoms with E-state index >= 15 is 0 Å². The van der Waals surface area contributed by atoms with E-state index in [0.29, 0.717) is 6.20 Å². The Morgan fingerprint density at radius 1 is 1.60 bits per heavy atom. The zero-order chi connectivity index (χ0) is 30.2. The lowest BCUT2D eigenvalue weighted by atomic mass is 10.1. The van der Waals surface area contributed by atoms with Crippen LogP contribution in [0.25, 0.3) is 10.9 Å². The topological polar surface area (TPSA) is 65.2 Å². The van der Waals surface area contributed by atoms with Crippen molar-refractivity contribution in [1.82, 2.24) is 14.6 Å². The van der Waals surface area contributed by atoms with E-state index in [1.165, 1.54) is 0 Å². The van der Waals surface area contributed by atoms with Gasteiger partial charge in [-0.25, -0.2) is 13.1 Å². The molecule has 0 unspecified atom stereocenters. The number of likely N-dealkylation sites (N-methyl/N-ethyl adjacent to an activating group) is 1. The summed E-state index contributed by atoms with van der Waals surface area (Å²) in [6.07, 6.45) is -3.13. The van der Waals surface area contributed by atoms with Crippen LogP contribution in [0.15, 0.2) is 24.3 Å². The summed E-state index contributed by atoms with van der Waals surface area (Å²) in [5.41, 5.74) is -2.60. The summed E-state index contributed by atoms with van der Waals surface area (Å²) in [5.74, 6) is -1.50. The first-order valence-corrected chi connectivity index (χ1v) is 6.68. The van der Waals surface area contributed by atoms with Crippen LogP contribution >= 0.6 is 0 Å². The van der Waals surface area contributed by atoms with Crippen molar-refractivity contribution in [3.8, 4) is 0 Å². The second kappa shape index (κ2) is 5.95. The van der Waals surface area contributed by atoms with Crippen molar-refractivity contribution in [2.45, 2.75) is 12.1 Å².